The molecule has 0 spiro atoms. The number of nitrogens with zero attached hydrogens (tertiary/aromatic N) is 4. The van der Waals surface area contributed by atoms with Crippen LogP contribution in [0.2, 0.25) is 0 Å². The predicted octanol–water partition coefficient (Wildman–Crippen LogP) is 0.932. The number of fused-ring (bicyclic) bond motifs is 3. The minimum absolute atomic E-state index is 0.153. The number of hydrogen-bond acceptors (Lipinski definition) is 7. The van der Waals surface area contributed by atoms with Crippen LogP contribution in [0.1, 0.15) is 19.1 Å². The summed E-state index contributed by atoms with van der Waals surface area (Å²) >= 11 is 0. The third-order valence-corrected chi connectivity index (χ3v) is 4.68. The standard InChI is InChI=1S/C13H16N5O5P/c1-21-24(20)22-6-8-2-3-9(23-8)18-7-15-10-11(19)16-13-14-4-5-17(13)12(10)18/h4-5,7-9,20H,2-3,6H2,1H3,(H,14,16,19). The maximum Gasteiger partial charge on any atom is 0.329 e. The number of nitrogens with one attached hydrogen (secondary N) is 1. The quantitative estimate of drug-likeness (QED) is 0.656. The molecule has 0 aliphatic carbocycles. The first kappa shape index (κ1) is 15.7. The second-order valence-electron chi connectivity index (χ2n) is 5.41. The van der Waals surface area contributed by atoms with Crippen LogP contribution in [-0.2, 0) is 13.8 Å². The zero-order valence-corrected chi connectivity index (χ0v) is 13.7. The summed E-state index contributed by atoms with van der Waals surface area (Å²) in [7, 11) is -0.476. The van der Waals surface area contributed by atoms with E-state index in [0.717, 1.165) is 12.8 Å². The molecule has 0 aromatic carbocycles. The summed E-state index contributed by atoms with van der Waals surface area (Å²) in [5.74, 6) is 0.457. The van der Waals surface area contributed by atoms with Crippen molar-refractivity contribution in [2.75, 3.05) is 13.7 Å². The molecule has 4 heterocycles. The average Bonchev–Trinajstić information content (AvgIpc) is 3.29. The van der Waals surface area contributed by atoms with Gasteiger partial charge in [0, 0.05) is 19.5 Å². The summed E-state index contributed by atoms with van der Waals surface area (Å²) in [6, 6.07) is 0. The van der Waals surface area contributed by atoms with Gasteiger partial charge in [0.2, 0.25) is 5.78 Å². The average molecular weight is 353 g/mol. The summed E-state index contributed by atoms with van der Waals surface area (Å²) in [4.78, 5) is 32.5. The van der Waals surface area contributed by atoms with Crippen molar-refractivity contribution in [2.24, 2.45) is 0 Å². The van der Waals surface area contributed by atoms with Gasteiger partial charge in [-0.1, -0.05) is 0 Å². The molecular formula is C13H16N5O5P. The Labute approximate surface area is 137 Å². The minimum Gasteiger partial charge on any atom is -0.352 e. The first-order chi connectivity index (χ1) is 11.7. The number of H-pyrrole nitrogens is 1. The van der Waals surface area contributed by atoms with E-state index in [-0.39, 0.29) is 24.5 Å². The molecule has 0 bridgehead atoms. The van der Waals surface area contributed by atoms with Gasteiger partial charge >= 0.3 is 8.60 Å². The lowest BCUT2D eigenvalue weighted by atomic mass is 10.2. The Balaban J connectivity index is 1.62. The SMILES string of the molecule is COP(O)OCC1CCC(n2cnc3c(=O)[nH]c4nccn4c32)O1. The van der Waals surface area contributed by atoms with Crippen LogP contribution in [0, 0.1) is 0 Å². The fourth-order valence-electron chi connectivity index (χ4n) is 2.91. The normalized spacial score (nSPS) is 22.6. The summed E-state index contributed by atoms with van der Waals surface area (Å²) in [5.41, 5.74) is 0.688. The Bertz CT molecular complexity index is 920. The number of imidazole rings is 2. The molecule has 0 radical (unpaired) electrons. The van der Waals surface area contributed by atoms with Crippen LogP contribution in [0.4, 0.5) is 0 Å². The highest BCUT2D eigenvalue weighted by molar-refractivity contribution is 7.40. The maximum absolute atomic E-state index is 12.1. The smallest absolute Gasteiger partial charge is 0.329 e. The van der Waals surface area contributed by atoms with Crippen molar-refractivity contribution in [3.8, 4) is 0 Å². The Morgan fingerprint density at radius 1 is 1.50 bits per heavy atom. The van der Waals surface area contributed by atoms with Crippen molar-refractivity contribution in [1.82, 2.24) is 23.9 Å². The van der Waals surface area contributed by atoms with Crippen LogP contribution < -0.4 is 5.56 Å². The lowest BCUT2D eigenvalue weighted by molar-refractivity contribution is -0.0182. The van der Waals surface area contributed by atoms with Gasteiger partial charge in [-0.3, -0.25) is 18.7 Å². The molecule has 24 heavy (non-hydrogen) atoms. The van der Waals surface area contributed by atoms with Crippen LogP contribution in [0.25, 0.3) is 16.9 Å². The van der Waals surface area contributed by atoms with E-state index in [1.165, 1.54) is 7.11 Å². The largest absolute Gasteiger partial charge is 0.352 e. The Kier molecular flexibility index (Phi) is 4.07. The molecule has 11 heteroatoms. The van der Waals surface area contributed by atoms with E-state index in [2.05, 4.69) is 15.0 Å². The van der Waals surface area contributed by atoms with Crippen LogP contribution in [0.15, 0.2) is 23.5 Å². The van der Waals surface area contributed by atoms with Crippen molar-refractivity contribution in [3.63, 3.8) is 0 Å². The van der Waals surface area contributed by atoms with E-state index < -0.39 is 8.60 Å². The summed E-state index contributed by atoms with van der Waals surface area (Å²) < 4.78 is 19.5. The monoisotopic (exact) mass is 353 g/mol. The molecule has 1 saturated heterocycles. The number of aromatic amines is 1. The van der Waals surface area contributed by atoms with Gasteiger partial charge in [0.1, 0.15) is 6.23 Å². The number of ether oxygens (including phenoxy) is 1. The number of aromatic nitrogens is 5. The lowest BCUT2D eigenvalue weighted by Gasteiger charge is -2.16. The second kappa shape index (κ2) is 6.23. The highest BCUT2D eigenvalue weighted by atomic mass is 31.2. The summed E-state index contributed by atoms with van der Waals surface area (Å²) in [6.45, 7) is 0.250. The van der Waals surface area contributed by atoms with E-state index in [4.69, 9.17) is 13.8 Å². The molecule has 2 N–H and O–H groups in total. The molecule has 3 aromatic rings. The van der Waals surface area contributed by atoms with Crippen molar-refractivity contribution in [3.05, 3.63) is 29.1 Å². The van der Waals surface area contributed by atoms with Crippen molar-refractivity contribution in [1.29, 1.82) is 0 Å². The van der Waals surface area contributed by atoms with Gasteiger partial charge in [-0.05, 0) is 12.8 Å². The molecular weight excluding hydrogens is 337 g/mol. The maximum atomic E-state index is 12.1. The zero-order chi connectivity index (χ0) is 16.7. The molecule has 3 unspecified atom stereocenters. The first-order valence-corrected chi connectivity index (χ1v) is 8.54. The molecule has 1 aliphatic heterocycles. The van der Waals surface area contributed by atoms with Crippen LogP contribution in [-0.4, -0.2) is 48.6 Å². The van der Waals surface area contributed by atoms with Gasteiger partial charge in [0.15, 0.2) is 11.2 Å². The van der Waals surface area contributed by atoms with Gasteiger partial charge in [0.05, 0.1) is 19.0 Å². The van der Waals surface area contributed by atoms with Crippen molar-refractivity contribution >= 4 is 25.5 Å². The third-order valence-electron chi connectivity index (χ3n) is 4.00. The van der Waals surface area contributed by atoms with Gasteiger partial charge in [0.25, 0.3) is 5.56 Å². The van der Waals surface area contributed by atoms with Gasteiger partial charge in [-0.2, -0.15) is 0 Å². The molecule has 3 atom stereocenters. The van der Waals surface area contributed by atoms with E-state index in [1.54, 1.807) is 23.1 Å². The zero-order valence-electron chi connectivity index (χ0n) is 12.8. The lowest BCUT2D eigenvalue weighted by Crippen LogP contribution is -2.17. The van der Waals surface area contributed by atoms with Crippen molar-refractivity contribution in [2.45, 2.75) is 25.2 Å². The fraction of sp³-hybridized carbons (Fsp3) is 0.462. The van der Waals surface area contributed by atoms with E-state index >= 15 is 0 Å². The van der Waals surface area contributed by atoms with E-state index in [0.29, 0.717) is 16.9 Å². The molecule has 128 valence electrons. The molecule has 1 fully saturated rings. The number of hydrogen-bond donors (Lipinski definition) is 2. The van der Waals surface area contributed by atoms with E-state index in [1.807, 2.05) is 4.57 Å². The van der Waals surface area contributed by atoms with Crippen LogP contribution >= 0.6 is 8.60 Å². The minimum atomic E-state index is -1.86. The third kappa shape index (κ3) is 2.62. The van der Waals surface area contributed by atoms with Gasteiger partial charge in [-0.25, -0.2) is 9.97 Å². The Morgan fingerprint density at radius 2 is 2.38 bits per heavy atom. The molecule has 0 amide bonds. The molecule has 3 aromatic heterocycles. The summed E-state index contributed by atoms with van der Waals surface area (Å²) in [5, 5.41) is 0. The number of rotatable bonds is 5. The first-order valence-electron chi connectivity index (χ1n) is 7.40. The summed E-state index contributed by atoms with van der Waals surface area (Å²) in [6.07, 6.45) is 6.08. The van der Waals surface area contributed by atoms with Crippen LogP contribution in [0.5, 0.6) is 0 Å². The van der Waals surface area contributed by atoms with Crippen molar-refractivity contribution < 1.29 is 18.7 Å². The Hall–Kier alpha value is -1.84. The molecule has 4 rings (SSSR count). The molecule has 1 aliphatic rings. The molecule has 0 saturated carbocycles. The second-order valence-corrected chi connectivity index (χ2v) is 6.50. The highest BCUT2D eigenvalue weighted by Crippen LogP contribution is 2.35. The van der Waals surface area contributed by atoms with Crippen LogP contribution in [0.3, 0.4) is 0 Å². The highest BCUT2D eigenvalue weighted by Gasteiger charge is 2.29. The van der Waals surface area contributed by atoms with Gasteiger partial charge in [-0.15, -0.1) is 0 Å². The molecule has 10 nitrogen and oxygen atoms in total. The Morgan fingerprint density at radius 3 is 3.21 bits per heavy atom. The predicted molar refractivity (Wildman–Crippen MR) is 84.3 cm³/mol. The van der Waals surface area contributed by atoms with E-state index in [9.17, 15) is 9.69 Å². The fourth-order valence-corrected chi connectivity index (χ4v) is 3.30. The topological polar surface area (TPSA) is 116 Å². The van der Waals surface area contributed by atoms with Gasteiger partial charge < -0.3 is 18.7 Å².